The highest BCUT2D eigenvalue weighted by molar-refractivity contribution is 6.31. The summed E-state index contributed by atoms with van der Waals surface area (Å²) in [6.45, 7) is 7.12. The average molecular weight is 308 g/mol. The second-order valence-electron chi connectivity index (χ2n) is 5.20. The number of nitrogens with one attached hydrogen (secondary N) is 1. The van der Waals surface area contributed by atoms with Crippen molar-refractivity contribution in [3.8, 4) is 0 Å². The fourth-order valence-corrected chi connectivity index (χ4v) is 2.46. The third-order valence-corrected chi connectivity index (χ3v) is 3.74. The molecular formula is C16H22ClN3O. The summed E-state index contributed by atoms with van der Waals surface area (Å²) < 4.78 is 6.96. The Morgan fingerprint density at radius 2 is 2.10 bits per heavy atom. The van der Waals surface area contributed by atoms with E-state index >= 15 is 0 Å². The molecule has 4 nitrogen and oxygen atoms in total. The van der Waals surface area contributed by atoms with Crippen LogP contribution in [0.15, 0.2) is 24.4 Å². The summed E-state index contributed by atoms with van der Waals surface area (Å²) in [6.07, 6.45) is 2.07. The van der Waals surface area contributed by atoms with E-state index in [-0.39, 0.29) is 0 Å². The van der Waals surface area contributed by atoms with Crippen molar-refractivity contribution in [2.45, 2.75) is 26.9 Å². The first kappa shape index (κ1) is 16.0. The Morgan fingerprint density at radius 3 is 2.81 bits per heavy atom. The van der Waals surface area contributed by atoms with Crippen LogP contribution in [0.5, 0.6) is 0 Å². The third-order valence-electron chi connectivity index (χ3n) is 3.39. The Kier molecular flexibility index (Phi) is 5.79. The van der Waals surface area contributed by atoms with Crippen LogP contribution < -0.4 is 5.32 Å². The van der Waals surface area contributed by atoms with Gasteiger partial charge in [0.25, 0.3) is 0 Å². The molecule has 0 aliphatic carbocycles. The smallest absolute Gasteiger partial charge is 0.0674 e. The molecule has 2 rings (SSSR count). The Labute approximate surface area is 131 Å². The van der Waals surface area contributed by atoms with Gasteiger partial charge in [-0.1, -0.05) is 23.7 Å². The van der Waals surface area contributed by atoms with Crippen LogP contribution in [-0.2, 0) is 17.8 Å². The maximum absolute atomic E-state index is 6.28. The van der Waals surface area contributed by atoms with Crippen LogP contribution in [0.25, 0.3) is 0 Å². The summed E-state index contributed by atoms with van der Waals surface area (Å²) in [7, 11) is 1.70. The first-order chi connectivity index (χ1) is 10.1. The molecule has 5 heteroatoms. The lowest BCUT2D eigenvalue weighted by molar-refractivity contribution is 0.199. The van der Waals surface area contributed by atoms with Crippen molar-refractivity contribution < 1.29 is 4.74 Å². The lowest BCUT2D eigenvalue weighted by Gasteiger charge is -2.05. The number of aryl methyl sites for hydroxylation is 2. The molecule has 0 fully saturated rings. The Bertz CT molecular complexity index is 595. The van der Waals surface area contributed by atoms with Gasteiger partial charge >= 0.3 is 0 Å². The van der Waals surface area contributed by atoms with E-state index in [2.05, 4.69) is 28.7 Å². The molecule has 0 amide bonds. The lowest BCUT2D eigenvalue weighted by atomic mass is 10.1. The predicted molar refractivity (Wildman–Crippen MR) is 85.8 cm³/mol. The highest BCUT2D eigenvalue weighted by Crippen LogP contribution is 2.19. The molecule has 0 radical (unpaired) electrons. The molecule has 0 bridgehead atoms. The van der Waals surface area contributed by atoms with E-state index in [1.807, 2.05) is 24.6 Å². The van der Waals surface area contributed by atoms with E-state index in [0.29, 0.717) is 13.2 Å². The zero-order valence-electron chi connectivity index (χ0n) is 12.8. The molecule has 114 valence electrons. The topological polar surface area (TPSA) is 39.1 Å². The Hall–Kier alpha value is -1.36. The zero-order valence-corrected chi connectivity index (χ0v) is 13.6. The number of methoxy groups -OCH3 is 1. The molecule has 0 atom stereocenters. The van der Waals surface area contributed by atoms with E-state index < -0.39 is 0 Å². The fourth-order valence-electron chi connectivity index (χ4n) is 2.17. The average Bonchev–Trinajstić information content (AvgIpc) is 2.78. The molecule has 1 aromatic heterocycles. The van der Waals surface area contributed by atoms with Crippen LogP contribution in [-0.4, -0.2) is 30.0 Å². The van der Waals surface area contributed by atoms with Gasteiger partial charge in [-0.2, -0.15) is 5.10 Å². The summed E-state index contributed by atoms with van der Waals surface area (Å²) in [5.74, 6) is 0. The number of ether oxygens (including phenoxy) is 1. The second kappa shape index (κ2) is 7.59. The molecule has 21 heavy (non-hydrogen) atoms. The van der Waals surface area contributed by atoms with Gasteiger partial charge in [-0.25, -0.2) is 0 Å². The third kappa shape index (κ3) is 4.56. The molecule has 0 aliphatic rings. The van der Waals surface area contributed by atoms with E-state index in [0.717, 1.165) is 29.4 Å². The quantitative estimate of drug-likeness (QED) is 0.799. The maximum atomic E-state index is 6.28. The number of aromatic nitrogens is 2. The Morgan fingerprint density at radius 1 is 1.29 bits per heavy atom. The van der Waals surface area contributed by atoms with Gasteiger partial charge in [-0.15, -0.1) is 0 Å². The van der Waals surface area contributed by atoms with Crippen LogP contribution in [0.1, 0.15) is 22.4 Å². The van der Waals surface area contributed by atoms with Crippen LogP contribution in [0.3, 0.4) is 0 Å². The molecule has 0 saturated carbocycles. The highest BCUT2D eigenvalue weighted by atomic mass is 35.5. The largest absolute Gasteiger partial charge is 0.383 e. The number of nitrogens with zero attached hydrogens (tertiary/aromatic N) is 2. The summed E-state index contributed by atoms with van der Waals surface area (Å²) in [4.78, 5) is 0. The minimum absolute atomic E-state index is 0.692. The number of hydrogen-bond donors (Lipinski definition) is 1. The molecule has 1 N–H and O–H groups in total. The molecule has 0 unspecified atom stereocenters. The normalized spacial score (nSPS) is 11.0. The standard InChI is InChI=1S/C16H22ClN3O/c1-12-4-5-14(16(17)8-12)10-20-11-15(13(2)19-20)9-18-6-7-21-3/h4-5,8,11,18H,6-7,9-10H2,1-3H3. The Balaban J connectivity index is 2.01. The molecule has 0 spiro atoms. The maximum Gasteiger partial charge on any atom is 0.0674 e. The minimum atomic E-state index is 0.692. The first-order valence-electron chi connectivity index (χ1n) is 7.07. The predicted octanol–water partition coefficient (Wildman–Crippen LogP) is 2.94. The van der Waals surface area contributed by atoms with E-state index in [1.54, 1.807) is 7.11 Å². The lowest BCUT2D eigenvalue weighted by Crippen LogP contribution is -2.18. The van der Waals surface area contributed by atoms with Crippen molar-refractivity contribution in [3.63, 3.8) is 0 Å². The monoisotopic (exact) mass is 307 g/mol. The van der Waals surface area contributed by atoms with Crippen LogP contribution in [0.4, 0.5) is 0 Å². The van der Waals surface area contributed by atoms with Gasteiger partial charge in [0.2, 0.25) is 0 Å². The van der Waals surface area contributed by atoms with Crippen molar-refractivity contribution in [1.82, 2.24) is 15.1 Å². The minimum Gasteiger partial charge on any atom is -0.383 e. The highest BCUT2D eigenvalue weighted by Gasteiger charge is 2.07. The summed E-state index contributed by atoms with van der Waals surface area (Å²) in [6, 6.07) is 6.12. The van der Waals surface area contributed by atoms with E-state index in [4.69, 9.17) is 16.3 Å². The molecular weight excluding hydrogens is 286 g/mol. The second-order valence-corrected chi connectivity index (χ2v) is 5.61. The van der Waals surface area contributed by atoms with Gasteiger partial charge in [-0.05, 0) is 31.0 Å². The van der Waals surface area contributed by atoms with Gasteiger partial charge in [0.05, 0.1) is 18.8 Å². The molecule has 1 heterocycles. The van der Waals surface area contributed by atoms with Crippen molar-refractivity contribution in [1.29, 1.82) is 0 Å². The molecule has 0 saturated heterocycles. The van der Waals surface area contributed by atoms with Crippen LogP contribution in [0.2, 0.25) is 5.02 Å². The van der Waals surface area contributed by atoms with E-state index in [9.17, 15) is 0 Å². The summed E-state index contributed by atoms with van der Waals surface area (Å²) >= 11 is 6.28. The van der Waals surface area contributed by atoms with Gasteiger partial charge in [0, 0.05) is 37.0 Å². The van der Waals surface area contributed by atoms with Gasteiger partial charge in [0.1, 0.15) is 0 Å². The van der Waals surface area contributed by atoms with E-state index in [1.165, 1.54) is 11.1 Å². The zero-order chi connectivity index (χ0) is 15.2. The van der Waals surface area contributed by atoms with Crippen molar-refractivity contribution in [3.05, 3.63) is 51.8 Å². The molecule has 0 aliphatic heterocycles. The van der Waals surface area contributed by atoms with Crippen LogP contribution >= 0.6 is 11.6 Å². The number of halogens is 1. The molecule has 1 aromatic carbocycles. The molecule has 2 aromatic rings. The number of hydrogen-bond acceptors (Lipinski definition) is 3. The van der Waals surface area contributed by atoms with Crippen molar-refractivity contribution >= 4 is 11.6 Å². The van der Waals surface area contributed by atoms with Gasteiger partial charge in [-0.3, -0.25) is 4.68 Å². The van der Waals surface area contributed by atoms with Crippen LogP contribution in [0, 0.1) is 13.8 Å². The fraction of sp³-hybridized carbons (Fsp3) is 0.438. The van der Waals surface area contributed by atoms with Crippen molar-refractivity contribution in [2.24, 2.45) is 0 Å². The summed E-state index contributed by atoms with van der Waals surface area (Å²) in [5, 5.41) is 8.68. The van der Waals surface area contributed by atoms with Crippen molar-refractivity contribution in [2.75, 3.05) is 20.3 Å². The first-order valence-corrected chi connectivity index (χ1v) is 7.45. The summed E-state index contributed by atoms with van der Waals surface area (Å²) in [5.41, 5.74) is 4.50. The number of rotatable bonds is 7. The SMILES string of the molecule is COCCNCc1cn(Cc2ccc(C)cc2Cl)nc1C. The van der Waals surface area contributed by atoms with Gasteiger partial charge in [0.15, 0.2) is 0 Å². The van der Waals surface area contributed by atoms with Gasteiger partial charge < -0.3 is 10.1 Å². The number of benzene rings is 1.